The molecule has 0 aromatic heterocycles. The van der Waals surface area contributed by atoms with Crippen LogP contribution in [0.2, 0.25) is 0 Å². The molecule has 0 aliphatic heterocycles. The summed E-state index contributed by atoms with van der Waals surface area (Å²) in [6.45, 7) is 0. The van der Waals surface area contributed by atoms with Crippen molar-refractivity contribution in [2.24, 2.45) is 0 Å². The van der Waals surface area contributed by atoms with Gasteiger partial charge in [-0.15, -0.1) is 11.8 Å². The molecule has 0 spiro atoms. The molecule has 2 aromatic rings. The summed E-state index contributed by atoms with van der Waals surface area (Å²) in [6, 6.07) is 15.0. The first kappa shape index (κ1) is 15.9. The van der Waals surface area contributed by atoms with Gasteiger partial charge in [0.05, 0.1) is 5.56 Å². The molecule has 0 amide bonds. The van der Waals surface area contributed by atoms with E-state index in [9.17, 15) is 13.2 Å². The fraction of sp³-hybridized carbons (Fsp3) is 0.250. The Hall–Kier alpha value is -1.46. The molecule has 2 aromatic carbocycles. The second-order valence-corrected chi connectivity index (χ2v) is 5.64. The molecule has 1 N–H and O–H groups in total. The highest BCUT2D eigenvalue weighted by Crippen LogP contribution is 2.35. The lowest BCUT2D eigenvalue weighted by molar-refractivity contribution is -0.138. The minimum Gasteiger partial charge on any atom is -0.312 e. The Morgan fingerprint density at radius 1 is 1.00 bits per heavy atom. The van der Waals surface area contributed by atoms with Crippen molar-refractivity contribution in [3.8, 4) is 0 Å². The zero-order chi connectivity index (χ0) is 15.3. The van der Waals surface area contributed by atoms with Crippen LogP contribution in [0.5, 0.6) is 0 Å². The maximum Gasteiger partial charge on any atom is 0.416 e. The second kappa shape index (κ2) is 7.00. The molecule has 0 saturated carbocycles. The normalized spacial score (nSPS) is 13.1. The van der Waals surface area contributed by atoms with Crippen molar-refractivity contribution in [3.63, 3.8) is 0 Å². The predicted molar refractivity (Wildman–Crippen MR) is 80.4 cm³/mol. The first-order chi connectivity index (χ1) is 10.0. The van der Waals surface area contributed by atoms with E-state index in [1.807, 2.05) is 30.3 Å². The summed E-state index contributed by atoms with van der Waals surface area (Å²) < 4.78 is 39.2. The zero-order valence-corrected chi connectivity index (χ0v) is 12.3. The molecule has 0 fully saturated rings. The van der Waals surface area contributed by atoms with Crippen LogP contribution >= 0.6 is 11.8 Å². The standard InChI is InChI=1S/C16H16F3NS/c1-20-15(11-21-12-7-3-2-4-8-12)13-9-5-6-10-14(13)16(17,18)19/h2-10,15,20H,11H2,1H3. The number of alkyl halides is 3. The van der Waals surface area contributed by atoms with Crippen LogP contribution in [0.25, 0.3) is 0 Å². The molecule has 0 aliphatic rings. The van der Waals surface area contributed by atoms with Gasteiger partial charge in [-0.3, -0.25) is 0 Å². The van der Waals surface area contributed by atoms with Crippen LogP contribution in [0.1, 0.15) is 17.2 Å². The Morgan fingerprint density at radius 2 is 1.62 bits per heavy atom. The van der Waals surface area contributed by atoms with Gasteiger partial charge in [0.15, 0.2) is 0 Å². The number of nitrogens with one attached hydrogen (secondary N) is 1. The van der Waals surface area contributed by atoms with E-state index in [2.05, 4.69) is 5.32 Å². The highest BCUT2D eigenvalue weighted by molar-refractivity contribution is 7.99. The van der Waals surface area contributed by atoms with E-state index in [0.29, 0.717) is 5.75 Å². The molecular formula is C16H16F3NS. The third-order valence-corrected chi connectivity index (χ3v) is 4.26. The van der Waals surface area contributed by atoms with Gasteiger partial charge in [-0.2, -0.15) is 13.2 Å². The molecule has 0 bridgehead atoms. The van der Waals surface area contributed by atoms with Crippen LogP contribution in [-0.4, -0.2) is 12.8 Å². The van der Waals surface area contributed by atoms with Crippen molar-refractivity contribution in [3.05, 3.63) is 65.7 Å². The summed E-state index contributed by atoms with van der Waals surface area (Å²) >= 11 is 1.54. The molecule has 2 rings (SSSR count). The fourth-order valence-corrected chi connectivity index (χ4v) is 3.14. The van der Waals surface area contributed by atoms with Crippen molar-refractivity contribution in [2.45, 2.75) is 17.1 Å². The lowest BCUT2D eigenvalue weighted by Crippen LogP contribution is -2.22. The minimum absolute atomic E-state index is 0.288. The smallest absolute Gasteiger partial charge is 0.312 e. The van der Waals surface area contributed by atoms with Gasteiger partial charge < -0.3 is 5.32 Å². The number of halogens is 3. The molecule has 5 heteroatoms. The number of benzene rings is 2. The molecule has 0 aliphatic carbocycles. The summed E-state index contributed by atoms with van der Waals surface area (Å²) in [7, 11) is 1.68. The highest BCUT2D eigenvalue weighted by atomic mass is 32.2. The van der Waals surface area contributed by atoms with Crippen LogP contribution in [0.4, 0.5) is 13.2 Å². The molecule has 1 nitrogen and oxygen atoms in total. The van der Waals surface area contributed by atoms with Crippen molar-refractivity contribution in [1.29, 1.82) is 0 Å². The van der Waals surface area contributed by atoms with E-state index in [1.54, 1.807) is 13.1 Å². The molecule has 0 saturated heterocycles. The second-order valence-electron chi connectivity index (χ2n) is 4.55. The summed E-state index contributed by atoms with van der Waals surface area (Å²) in [5.41, 5.74) is -0.283. The Morgan fingerprint density at radius 3 is 2.24 bits per heavy atom. The number of thioether (sulfide) groups is 1. The molecule has 0 heterocycles. The third kappa shape index (κ3) is 4.25. The maximum absolute atomic E-state index is 13.1. The zero-order valence-electron chi connectivity index (χ0n) is 11.5. The van der Waals surface area contributed by atoms with E-state index in [0.717, 1.165) is 11.0 Å². The van der Waals surface area contributed by atoms with Gasteiger partial charge in [-0.05, 0) is 30.8 Å². The van der Waals surface area contributed by atoms with E-state index in [4.69, 9.17) is 0 Å². The SMILES string of the molecule is CNC(CSc1ccccc1)c1ccccc1C(F)(F)F. The lowest BCUT2D eigenvalue weighted by atomic mass is 10.0. The van der Waals surface area contributed by atoms with Crippen molar-refractivity contribution >= 4 is 11.8 Å². The average Bonchev–Trinajstić information content (AvgIpc) is 2.48. The van der Waals surface area contributed by atoms with Crippen LogP contribution in [0.15, 0.2) is 59.5 Å². The summed E-state index contributed by atoms with van der Waals surface area (Å²) in [5, 5.41) is 2.98. The largest absolute Gasteiger partial charge is 0.416 e. The Balaban J connectivity index is 2.18. The first-order valence-corrected chi connectivity index (χ1v) is 7.52. The Bertz CT molecular complexity index is 569. The molecular weight excluding hydrogens is 295 g/mol. The van der Waals surface area contributed by atoms with E-state index >= 15 is 0 Å². The van der Waals surface area contributed by atoms with E-state index in [-0.39, 0.29) is 11.6 Å². The fourth-order valence-electron chi connectivity index (χ4n) is 2.08. The van der Waals surface area contributed by atoms with Gasteiger partial charge in [0.1, 0.15) is 0 Å². The number of hydrogen-bond acceptors (Lipinski definition) is 2. The summed E-state index contributed by atoms with van der Waals surface area (Å²) in [5.74, 6) is 0.535. The van der Waals surface area contributed by atoms with E-state index in [1.165, 1.54) is 23.9 Å². The van der Waals surface area contributed by atoms with Crippen molar-refractivity contribution in [1.82, 2.24) is 5.32 Å². The lowest BCUT2D eigenvalue weighted by Gasteiger charge is -2.21. The summed E-state index contributed by atoms with van der Waals surface area (Å²) in [4.78, 5) is 1.04. The first-order valence-electron chi connectivity index (χ1n) is 6.53. The van der Waals surface area contributed by atoms with Gasteiger partial charge in [-0.25, -0.2) is 0 Å². The molecule has 21 heavy (non-hydrogen) atoms. The van der Waals surface area contributed by atoms with Gasteiger partial charge in [0.25, 0.3) is 0 Å². The average molecular weight is 311 g/mol. The third-order valence-electron chi connectivity index (χ3n) is 3.15. The highest BCUT2D eigenvalue weighted by Gasteiger charge is 2.34. The molecule has 1 atom stereocenters. The maximum atomic E-state index is 13.1. The number of rotatable bonds is 5. The minimum atomic E-state index is -4.33. The van der Waals surface area contributed by atoms with E-state index < -0.39 is 11.7 Å². The van der Waals surface area contributed by atoms with Crippen LogP contribution in [-0.2, 0) is 6.18 Å². The Kier molecular flexibility index (Phi) is 5.31. The quantitative estimate of drug-likeness (QED) is 0.799. The molecule has 1 unspecified atom stereocenters. The Labute approximate surface area is 126 Å². The van der Waals surface area contributed by atoms with Gasteiger partial charge in [0, 0.05) is 16.7 Å². The van der Waals surface area contributed by atoms with Gasteiger partial charge in [-0.1, -0.05) is 36.4 Å². The monoisotopic (exact) mass is 311 g/mol. The molecule has 112 valence electrons. The number of hydrogen-bond donors (Lipinski definition) is 1. The predicted octanol–water partition coefficient (Wildman–Crippen LogP) is 4.76. The van der Waals surface area contributed by atoms with Gasteiger partial charge >= 0.3 is 6.18 Å². The van der Waals surface area contributed by atoms with Gasteiger partial charge in [0.2, 0.25) is 0 Å². The van der Waals surface area contributed by atoms with Crippen LogP contribution in [0.3, 0.4) is 0 Å². The molecule has 0 radical (unpaired) electrons. The van der Waals surface area contributed by atoms with Crippen molar-refractivity contribution < 1.29 is 13.2 Å². The van der Waals surface area contributed by atoms with Crippen LogP contribution < -0.4 is 5.32 Å². The topological polar surface area (TPSA) is 12.0 Å². The van der Waals surface area contributed by atoms with Crippen molar-refractivity contribution in [2.75, 3.05) is 12.8 Å². The summed E-state index contributed by atoms with van der Waals surface area (Å²) in [6.07, 6.45) is -4.33. The van der Waals surface area contributed by atoms with Crippen LogP contribution in [0, 0.1) is 0 Å².